The molecular weight excluding hydrogens is 251 g/mol. The van der Waals surface area contributed by atoms with Crippen molar-refractivity contribution in [1.29, 1.82) is 0 Å². The van der Waals surface area contributed by atoms with E-state index in [9.17, 15) is 4.39 Å². The lowest BCUT2D eigenvalue weighted by Crippen LogP contribution is -1.87. The van der Waals surface area contributed by atoms with Crippen molar-refractivity contribution in [2.45, 2.75) is 0 Å². The highest BCUT2D eigenvalue weighted by molar-refractivity contribution is 5.58. The molecule has 0 saturated heterocycles. The highest BCUT2D eigenvalue weighted by atomic mass is 19.1. The maximum absolute atomic E-state index is 13.6. The van der Waals surface area contributed by atoms with Crippen LogP contribution in [0, 0.1) is 5.82 Å². The van der Waals surface area contributed by atoms with Gasteiger partial charge < -0.3 is 9.63 Å². The minimum absolute atomic E-state index is 0.0122. The smallest absolute Gasteiger partial charge is 0.261 e. The molecule has 2 heterocycles. The van der Waals surface area contributed by atoms with Crippen LogP contribution in [0.5, 0.6) is 5.75 Å². The topological polar surface area (TPSA) is 84.9 Å². The Hall–Kier alpha value is -2.83. The van der Waals surface area contributed by atoms with E-state index in [4.69, 9.17) is 9.63 Å². The van der Waals surface area contributed by atoms with Crippen molar-refractivity contribution in [3.63, 3.8) is 0 Å². The van der Waals surface area contributed by atoms with E-state index in [1.807, 2.05) is 0 Å². The maximum atomic E-state index is 13.6. The summed E-state index contributed by atoms with van der Waals surface area (Å²) >= 11 is 0. The highest BCUT2D eigenvalue weighted by Gasteiger charge is 2.15. The molecule has 0 atom stereocenters. The van der Waals surface area contributed by atoms with E-state index in [0.29, 0.717) is 5.69 Å². The first-order valence-electron chi connectivity index (χ1n) is 5.33. The Labute approximate surface area is 106 Å². The summed E-state index contributed by atoms with van der Waals surface area (Å²) in [6.45, 7) is 0. The van der Waals surface area contributed by atoms with Crippen LogP contribution in [0.3, 0.4) is 0 Å². The van der Waals surface area contributed by atoms with Crippen LogP contribution in [-0.2, 0) is 0 Å². The van der Waals surface area contributed by atoms with Crippen LogP contribution in [-0.4, -0.2) is 25.2 Å². The molecule has 3 aromatic rings. The van der Waals surface area contributed by atoms with Gasteiger partial charge in [0.2, 0.25) is 5.82 Å². The van der Waals surface area contributed by atoms with Gasteiger partial charge in [-0.05, 0) is 12.1 Å². The quantitative estimate of drug-likeness (QED) is 0.757. The van der Waals surface area contributed by atoms with Gasteiger partial charge in [0.25, 0.3) is 5.89 Å². The molecule has 0 bridgehead atoms. The Morgan fingerprint density at radius 1 is 1.21 bits per heavy atom. The average molecular weight is 258 g/mol. The summed E-state index contributed by atoms with van der Waals surface area (Å²) in [5.74, 6) is -0.585. The number of phenols is 1. The molecule has 0 radical (unpaired) electrons. The Morgan fingerprint density at radius 2 is 2.11 bits per heavy atom. The van der Waals surface area contributed by atoms with Crippen molar-refractivity contribution in [1.82, 2.24) is 20.1 Å². The molecule has 0 unspecified atom stereocenters. The fourth-order valence-corrected chi connectivity index (χ4v) is 1.53. The van der Waals surface area contributed by atoms with Gasteiger partial charge in [0.1, 0.15) is 17.3 Å². The fraction of sp³-hybridized carbons (Fsp3) is 0. The zero-order valence-electron chi connectivity index (χ0n) is 9.49. The molecule has 6 nitrogen and oxygen atoms in total. The summed E-state index contributed by atoms with van der Waals surface area (Å²) in [5.41, 5.74) is 0.539. The lowest BCUT2D eigenvalue weighted by Gasteiger charge is -1.97. The zero-order chi connectivity index (χ0) is 13.2. The summed E-state index contributed by atoms with van der Waals surface area (Å²) in [7, 11) is 0. The molecule has 0 aliphatic carbocycles. The van der Waals surface area contributed by atoms with Crippen LogP contribution in [0.15, 0.2) is 41.3 Å². The van der Waals surface area contributed by atoms with Crippen molar-refractivity contribution in [3.8, 4) is 28.7 Å². The maximum Gasteiger partial charge on any atom is 0.261 e. The Morgan fingerprint density at radius 3 is 2.84 bits per heavy atom. The second-order valence-electron chi connectivity index (χ2n) is 3.68. The van der Waals surface area contributed by atoms with Crippen LogP contribution in [0.2, 0.25) is 0 Å². The zero-order valence-corrected chi connectivity index (χ0v) is 9.49. The molecule has 94 valence electrons. The molecule has 0 aliphatic rings. The van der Waals surface area contributed by atoms with E-state index >= 15 is 0 Å². The molecule has 0 aliphatic heterocycles. The summed E-state index contributed by atoms with van der Waals surface area (Å²) < 4.78 is 18.6. The van der Waals surface area contributed by atoms with Gasteiger partial charge in [-0.15, -0.1) is 0 Å². The lowest BCUT2D eigenvalue weighted by molar-refractivity contribution is 0.428. The first-order chi connectivity index (χ1) is 9.24. The van der Waals surface area contributed by atoms with E-state index in [1.54, 1.807) is 0 Å². The number of aromatic hydroxyl groups is 1. The highest BCUT2D eigenvalue weighted by Crippen LogP contribution is 2.25. The number of rotatable bonds is 2. The Bertz CT molecular complexity index is 715. The van der Waals surface area contributed by atoms with Gasteiger partial charge in [-0.1, -0.05) is 5.16 Å². The molecule has 0 fully saturated rings. The predicted octanol–water partition coefficient (Wildman–Crippen LogP) is 2.04. The molecule has 1 N–H and O–H groups in total. The van der Waals surface area contributed by atoms with E-state index in [2.05, 4.69) is 20.1 Å². The SMILES string of the molecule is Oc1ccc(-c2nc(-c3cnccn3)no2)c(F)c1. The minimum atomic E-state index is -0.644. The van der Waals surface area contributed by atoms with E-state index in [-0.39, 0.29) is 23.0 Å². The number of aromatic nitrogens is 4. The number of halogens is 1. The van der Waals surface area contributed by atoms with E-state index in [1.165, 1.54) is 30.7 Å². The third kappa shape index (κ3) is 2.13. The second-order valence-corrected chi connectivity index (χ2v) is 3.68. The Kier molecular flexibility index (Phi) is 2.64. The molecule has 2 aromatic heterocycles. The van der Waals surface area contributed by atoms with Crippen LogP contribution >= 0.6 is 0 Å². The third-order valence-electron chi connectivity index (χ3n) is 2.40. The lowest BCUT2D eigenvalue weighted by atomic mass is 10.2. The summed E-state index contributed by atoms with van der Waals surface area (Å²) in [5, 5.41) is 12.9. The third-order valence-corrected chi connectivity index (χ3v) is 2.40. The molecule has 19 heavy (non-hydrogen) atoms. The van der Waals surface area contributed by atoms with Gasteiger partial charge in [0, 0.05) is 18.5 Å². The molecule has 0 amide bonds. The normalized spacial score (nSPS) is 10.6. The fourth-order valence-electron chi connectivity index (χ4n) is 1.53. The largest absolute Gasteiger partial charge is 0.508 e. The number of hydrogen-bond acceptors (Lipinski definition) is 6. The molecular formula is C12H7FN4O2. The van der Waals surface area contributed by atoms with Crippen LogP contribution in [0.4, 0.5) is 4.39 Å². The van der Waals surface area contributed by atoms with Gasteiger partial charge >= 0.3 is 0 Å². The van der Waals surface area contributed by atoms with Gasteiger partial charge in [-0.2, -0.15) is 4.98 Å². The first-order valence-corrected chi connectivity index (χ1v) is 5.33. The number of benzene rings is 1. The van der Waals surface area contributed by atoms with Gasteiger partial charge in [-0.3, -0.25) is 4.98 Å². The molecule has 0 saturated carbocycles. The summed E-state index contributed by atoms with van der Waals surface area (Å²) in [6, 6.07) is 3.67. The molecule has 7 heteroatoms. The van der Waals surface area contributed by atoms with E-state index in [0.717, 1.165) is 6.07 Å². The first kappa shape index (κ1) is 11.3. The van der Waals surface area contributed by atoms with Gasteiger partial charge in [-0.25, -0.2) is 9.37 Å². The predicted molar refractivity (Wildman–Crippen MR) is 62.4 cm³/mol. The summed E-state index contributed by atoms with van der Waals surface area (Å²) in [6.07, 6.45) is 4.48. The second kappa shape index (κ2) is 4.45. The minimum Gasteiger partial charge on any atom is -0.508 e. The average Bonchev–Trinajstić information content (AvgIpc) is 2.89. The molecule has 3 rings (SSSR count). The molecule has 1 aromatic carbocycles. The van der Waals surface area contributed by atoms with Crippen molar-refractivity contribution < 1.29 is 14.0 Å². The van der Waals surface area contributed by atoms with Crippen molar-refractivity contribution in [2.24, 2.45) is 0 Å². The number of phenolic OH excluding ortho intramolecular Hbond substituents is 1. The van der Waals surface area contributed by atoms with Crippen LogP contribution < -0.4 is 0 Å². The number of hydrogen-bond donors (Lipinski definition) is 1. The van der Waals surface area contributed by atoms with Crippen LogP contribution in [0.25, 0.3) is 23.0 Å². The van der Waals surface area contributed by atoms with Gasteiger partial charge in [0.15, 0.2) is 0 Å². The van der Waals surface area contributed by atoms with Crippen molar-refractivity contribution in [3.05, 3.63) is 42.6 Å². The summed E-state index contributed by atoms with van der Waals surface area (Å²) in [4.78, 5) is 11.9. The van der Waals surface area contributed by atoms with Crippen molar-refractivity contribution in [2.75, 3.05) is 0 Å². The Balaban J connectivity index is 2.02. The van der Waals surface area contributed by atoms with Crippen LogP contribution in [0.1, 0.15) is 0 Å². The number of nitrogens with zero attached hydrogens (tertiary/aromatic N) is 4. The van der Waals surface area contributed by atoms with Gasteiger partial charge in [0.05, 0.1) is 11.8 Å². The van der Waals surface area contributed by atoms with E-state index < -0.39 is 5.82 Å². The molecule has 0 spiro atoms. The van der Waals surface area contributed by atoms with Crippen molar-refractivity contribution >= 4 is 0 Å². The standard InChI is InChI=1S/C12H7FN4O2/c13-9-5-7(18)1-2-8(9)12-16-11(17-19-12)10-6-14-3-4-15-10/h1-6,18H. The monoisotopic (exact) mass is 258 g/mol.